The average Bonchev–Trinajstić information content (AvgIpc) is 2.77. The Labute approximate surface area is 108 Å². The molecule has 2 rings (SSSR count). The average molecular weight is 253 g/mol. The maximum atomic E-state index is 4.36. The Morgan fingerprint density at radius 3 is 3.18 bits per heavy atom. The predicted octanol–water partition coefficient (Wildman–Crippen LogP) is 2.15. The number of nitrogens with one attached hydrogen (secondary N) is 1. The second kappa shape index (κ2) is 5.94. The summed E-state index contributed by atoms with van der Waals surface area (Å²) >= 11 is 1.69. The Morgan fingerprint density at radius 1 is 1.59 bits per heavy atom. The van der Waals surface area contributed by atoms with Crippen LogP contribution in [0, 0.1) is 0 Å². The molecule has 1 aromatic heterocycles. The molecular formula is C13H23N3S. The number of nitrogens with zero attached hydrogens (tertiary/aromatic N) is 2. The first kappa shape index (κ1) is 13.0. The van der Waals surface area contributed by atoms with Gasteiger partial charge in [-0.15, -0.1) is 11.3 Å². The standard InChI is InChI=1S/C13H23N3S/c1-3-13(2)10-16(7-4-6-15-13)8-5-12-9-17-11-14-12/h9,11,15H,3-8,10H2,1-2H3. The smallest absolute Gasteiger partial charge is 0.0794 e. The van der Waals surface area contributed by atoms with Crippen molar-refractivity contribution < 1.29 is 0 Å². The van der Waals surface area contributed by atoms with Crippen LogP contribution in [0.1, 0.15) is 32.4 Å². The Bertz CT molecular complexity index is 325. The highest BCUT2D eigenvalue weighted by molar-refractivity contribution is 7.07. The van der Waals surface area contributed by atoms with Gasteiger partial charge in [-0.2, -0.15) is 0 Å². The Hall–Kier alpha value is -0.450. The maximum absolute atomic E-state index is 4.36. The summed E-state index contributed by atoms with van der Waals surface area (Å²) in [7, 11) is 0. The van der Waals surface area contributed by atoms with Crippen LogP contribution in [-0.4, -0.2) is 41.6 Å². The van der Waals surface area contributed by atoms with Gasteiger partial charge in [0.2, 0.25) is 0 Å². The molecule has 1 unspecified atom stereocenters. The lowest BCUT2D eigenvalue weighted by molar-refractivity contribution is 0.217. The summed E-state index contributed by atoms with van der Waals surface area (Å²) in [6.45, 7) is 9.28. The van der Waals surface area contributed by atoms with E-state index in [9.17, 15) is 0 Å². The molecule has 1 fully saturated rings. The first-order chi connectivity index (χ1) is 8.22. The van der Waals surface area contributed by atoms with Crippen molar-refractivity contribution in [2.75, 3.05) is 26.2 Å². The van der Waals surface area contributed by atoms with Crippen LogP contribution in [0.25, 0.3) is 0 Å². The zero-order valence-electron chi connectivity index (χ0n) is 10.9. The molecule has 2 heterocycles. The van der Waals surface area contributed by atoms with Crippen molar-refractivity contribution in [1.82, 2.24) is 15.2 Å². The molecular weight excluding hydrogens is 230 g/mol. The zero-order valence-corrected chi connectivity index (χ0v) is 11.7. The molecule has 17 heavy (non-hydrogen) atoms. The van der Waals surface area contributed by atoms with Crippen LogP contribution in [0.2, 0.25) is 0 Å². The topological polar surface area (TPSA) is 28.2 Å². The van der Waals surface area contributed by atoms with Gasteiger partial charge in [0.25, 0.3) is 0 Å². The van der Waals surface area contributed by atoms with Gasteiger partial charge >= 0.3 is 0 Å². The van der Waals surface area contributed by atoms with Gasteiger partial charge < -0.3 is 10.2 Å². The monoisotopic (exact) mass is 253 g/mol. The fraction of sp³-hybridized carbons (Fsp3) is 0.769. The molecule has 0 spiro atoms. The minimum atomic E-state index is 0.290. The van der Waals surface area contributed by atoms with Crippen LogP contribution in [0.5, 0.6) is 0 Å². The summed E-state index contributed by atoms with van der Waals surface area (Å²) in [5, 5.41) is 5.84. The normalized spacial score (nSPS) is 26.9. The molecule has 4 heteroatoms. The number of hydrogen-bond acceptors (Lipinski definition) is 4. The molecule has 96 valence electrons. The van der Waals surface area contributed by atoms with Crippen LogP contribution in [0.15, 0.2) is 10.9 Å². The van der Waals surface area contributed by atoms with Crippen molar-refractivity contribution in [3.05, 3.63) is 16.6 Å². The molecule has 0 saturated carbocycles. The molecule has 0 aliphatic carbocycles. The maximum Gasteiger partial charge on any atom is 0.0794 e. The fourth-order valence-corrected chi connectivity index (χ4v) is 2.98. The summed E-state index contributed by atoms with van der Waals surface area (Å²) in [4.78, 5) is 6.94. The number of rotatable bonds is 4. The van der Waals surface area contributed by atoms with Gasteiger partial charge in [0, 0.05) is 30.4 Å². The SMILES string of the molecule is CCC1(C)CN(CCc2cscn2)CCCN1. The lowest BCUT2D eigenvalue weighted by atomic mass is 9.98. The molecule has 1 saturated heterocycles. The van der Waals surface area contributed by atoms with Gasteiger partial charge in [0.05, 0.1) is 11.2 Å². The first-order valence-corrected chi connectivity index (χ1v) is 7.50. The summed E-state index contributed by atoms with van der Waals surface area (Å²) in [6.07, 6.45) is 3.54. The Morgan fingerprint density at radius 2 is 2.47 bits per heavy atom. The molecule has 0 bridgehead atoms. The van der Waals surface area contributed by atoms with E-state index in [-0.39, 0.29) is 0 Å². The van der Waals surface area contributed by atoms with Crippen molar-refractivity contribution in [2.45, 2.75) is 38.6 Å². The highest BCUT2D eigenvalue weighted by Gasteiger charge is 2.26. The van der Waals surface area contributed by atoms with E-state index in [2.05, 4.69) is 34.4 Å². The molecule has 1 atom stereocenters. The molecule has 1 aliphatic heterocycles. The molecule has 0 radical (unpaired) electrons. The molecule has 1 aliphatic rings. The van der Waals surface area contributed by atoms with Crippen LogP contribution in [-0.2, 0) is 6.42 Å². The lowest BCUT2D eigenvalue weighted by Gasteiger charge is -2.32. The minimum Gasteiger partial charge on any atom is -0.310 e. The van der Waals surface area contributed by atoms with Crippen LogP contribution < -0.4 is 5.32 Å². The summed E-state index contributed by atoms with van der Waals surface area (Å²) in [6, 6.07) is 0. The molecule has 1 aromatic rings. The van der Waals surface area contributed by atoms with E-state index >= 15 is 0 Å². The molecule has 0 amide bonds. The Balaban J connectivity index is 1.86. The third kappa shape index (κ3) is 3.76. The van der Waals surface area contributed by atoms with E-state index in [1.165, 1.54) is 25.1 Å². The van der Waals surface area contributed by atoms with Crippen molar-refractivity contribution in [1.29, 1.82) is 0 Å². The van der Waals surface area contributed by atoms with Gasteiger partial charge in [-0.1, -0.05) is 6.92 Å². The largest absolute Gasteiger partial charge is 0.310 e. The van der Waals surface area contributed by atoms with E-state index in [0.29, 0.717) is 5.54 Å². The second-order valence-electron chi connectivity index (χ2n) is 5.20. The summed E-state index contributed by atoms with van der Waals surface area (Å²) in [5.41, 5.74) is 3.46. The van der Waals surface area contributed by atoms with Crippen molar-refractivity contribution >= 4 is 11.3 Å². The quantitative estimate of drug-likeness (QED) is 0.891. The van der Waals surface area contributed by atoms with Gasteiger partial charge in [0.15, 0.2) is 0 Å². The van der Waals surface area contributed by atoms with Crippen LogP contribution >= 0.6 is 11.3 Å². The zero-order chi connectivity index (χ0) is 12.1. The van der Waals surface area contributed by atoms with E-state index < -0.39 is 0 Å². The summed E-state index contributed by atoms with van der Waals surface area (Å²) < 4.78 is 0. The van der Waals surface area contributed by atoms with Gasteiger partial charge in [0.1, 0.15) is 0 Å². The third-order valence-electron chi connectivity index (χ3n) is 3.72. The first-order valence-electron chi connectivity index (χ1n) is 6.56. The van der Waals surface area contributed by atoms with Crippen LogP contribution in [0.4, 0.5) is 0 Å². The molecule has 0 aromatic carbocycles. The van der Waals surface area contributed by atoms with E-state index in [0.717, 1.165) is 26.1 Å². The lowest BCUT2D eigenvalue weighted by Crippen LogP contribution is -2.48. The Kier molecular flexibility index (Phi) is 4.54. The molecule has 3 nitrogen and oxygen atoms in total. The van der Waals surface area contributed by atoms with Crippen molar-refractivity contribution in [2.24, 2.45) is 0 Å². The third-order valence-corrected chi connectivity index (χ3v) is 4.36. The van der Waals surface area contributed by atoms with Crippen molar-refractivity contribution in [3.8, 4) is 0 Å². The predicted molar refractivity (Wildman–Crippen MR) is 73.6 cm³/mol. The van der Waals surface area contributed by atoms with Gasteiger partial charge in [-0.05, 0) is 32.9 Å². The van der Waals surface area contributed by atoms with Crippen molar-refractivity contribution in [3.63, 3.8) is 0 Å². The number of thiazole rings is 1. The van der Waals surface area contributed by atoms with Gasteiger partial charge in [-0.3, -0.25) is 0 Å². The van der Waals surface area contributed by atoms with Gasteiger partial charge in [-0.25, -0.2) is 4.98 Å². The van der Waals surface area contributed by atoms with E-state index in [4.69, 9.17) is 0 Å². The van der Waals surface area contributed by atoms with E-state index in [1.807, 2.05) is 5.51 Å². The number of aromatic nitrogens is 1. The highest BCUT2D eigenvalue weighted by Crippen LogP contribution is 2.15. The highest BCUT2D eigenvalue weighted by atomic mass is 32.1. The molecule has 1 N–H and O–H groups in total. The minimum absolute atomic E-state index is 0.290. The van der Waals surface area contributed by atoms with E-state index in [1.54, 1.807) is 11.3 Å². The van der Waals surface area contributed by atoms with Crippen LogP contribution in [0.3, 0.4) is 0 Å². The summed E-state index contributed by atoms with van der Waals surface area (Å²) in [5.74, 6) is 0. The number of hydrogen-bond donors (Lipinski definition) is 1. The second-order valence-corrected chi connectivity index (χ2v) is 5.92. The fourth-order valence-electron chi connectivity index (χ4n) is 2.38.